The van der Waals surface area contributed by atoms with Gasteiger partial charge in [0.1, 0.15) is 11.5 Å². The van der Waals surface area contributed by atoms with Crippen molar-refractivity contribution in [3.8, 4) is 11.5 Å². The Kier molecular flexibility index (Phi) is 5.43. The maximum Gasteiger partial charge on any atom is 0.292 e. The Balaban J connectivity index is 1.92. The Morgan fingerprint density at radius 1 is 1.23 bits per heavy atom. The van der Waals surface area contributed by atoms with Crippen LogP contribution >= 0.6 is 11.6 Å². The van der Waals surface area contributed by atoms with E-state index in [0.717, 1.165) is 5.69 Å². The van der Waals surface area contributed by atoms with Gasteiger partial charge in [-0.25, -0.2) is 11.4 Å². The normalized spacial score (nSPS) is 16.1. The third-order valence-corrected chi connectivity index (χ3v) is 4.30. The molecule has 1 atom stereocenters. The molecule has 1 heterocycles. The minimum Gasteiger partial charge on any atom is -0.456 e. The summed E-state index contributed by atoms with van der Waals surface area (Å²) in [5, 5.41) is 0.429. The van der Waals surface area contributed by atoms with Crippen molar-refractivity contribution >= 4 is 17.3 Å². The molecular formula is C20H16ClN3O2. The Bertz CT molecular complexity index is 913. The number of anilines is 1. The molecule has 5 nitrogen and oxygen atoms in total. The summed E-state index contributed by atoms with van der Waals surface area (Å²) in [7, 11) is 0. The number of hydrogen-bond donors (Lipinski definition) is 0. The van der Waals surface area contributed by atoms with Crippen molar-refractivity contribution in [2.24, 2.45) is 0 Å². The number of ether oxygens (including phenoxy) is 2. The highest BCUT2D eigenvalue weighted by atomic mass is 35.5. The van der Waals surface area contributed by atoms with Crippen LogP contribution in [0.1, 0.15) is 6.92 Å². The summed E-state index contributed by atoms with van der Waals surface area (Å²) in [6, 6.07) is 14.7. The third kappa shape index (κ3) is 3.65. The minimum absolute atomic E-state index is 0.0830. The molecule has 0 bridgehead atoms. The lowest BCUT2D eigenvalue weighted by Gasteiger charge is -2.21. The molecule has 1 unspecified atom stereocenters. The van der Waals surface area contributed by atoms with Crippen LogP contribution < -0.4 is 9.64 Å². The van der Waals surface area contributed by atoms with Gasteiger partial charge in [-0.15, -0.1) is 0 Å². The molecule has 6 heteroatoms. The van der Waals surface area contributed by atoms with Crippen molar-refractivity contribution in [1.29, 1.82) is 0 Å². The van der Waals surface area contributed by atoms with Gasteiger partial charge >= 0.3 is 0 Å². The van der Waals surface area contributed by atoms with Gasteiger partial charge in [0, 0.05) is 5.69 Å². The molecule has 0 aliphatic carbocycles. The molecule has 2 aromatic carbocycles. The van der Waals surface area contributed by atoms with E-state index in [0.29, 0.717) is 34.5 Å². The summed E-state index contributed by atoms with van der Waals surface area (Å²) in [6.07, 6.45) is -0.271. The predicted molar refractivity (Wildman–Crippen MR) is 101 cm³/mol. The Morgan fingerprint density at radius 2 is 2.00 bits per heavy atom. The molecule has 130 valence electrons. The van der Waals surface area contributed by atoms with Crippen LogP contribution in [0.5, 0.6) is 11.5 Å². The van der Waals surface area contributed by atoms with Crippen LogP contribution in [-0.2, 0) is 4.74 Å². The summed E-state index contributed by atoms with van der Waals surface area (Å²) < 4.78 is 11.4. The van der Waals surface area contributed by atoms with Crippen LogP contribution in [0.15, 0.2) is 59.9 Å². The van der Waals surface area contributed by atoms with E-state index in [1.165, 1.54) is 0 Å². The van der Waals surface area contributed by atoms with Crippen LogP contribution in [0.4, 0.5) is 5.69 Å². The van der Waals surface area contributed by atoms with Gasteiger partial charge in [0.05, 0.1) is 30.0 Å². The monoisotopic (exact) mass is 365 g/mol. The Labute approximate surface area is 157 Å². The van der Waals surface area contributed by atoms with Gasteiger partial charge in [-0.3, -0.25) is 9.74 Å². The number of rotatable bonds is 5. The first-order valence-corrected chi connectivity index (χ1v) is 8.37. The van der Waals surface area contributed by atoms with E-state index < -0.39 is 0 Å². The molecular weight excluding hydrogens is 350 g/mol. The molecule has 1 aliphatic heterocycles. The van der Waals surface area contributed by atoms with Crippen molar-refractivity contribution in [2.75, 3.05) is 18.2 Å². The number of benzene rings is 2. The number of halogens is 1. The Morgan fingerprint density at radius 3 is 2.65 bits per heavy atom. The second-order valence-electron chi connectivity index (χ2n) is 5.65. The predicted octanol–water partition coefficient (Wildman–Crippen LogP) is 5.37. The zero-order valence-electron chi connectivity index (χ0n) is 14.1. The van der Waals surface area contributed by atoms with Gasteiger partial charge in [0.2, 0.25) is 5.70 Å². The van der Waals surface area contributed by atoms with Crippen LogP contribution in [0.25, 0.3) is 9.69 Å². The number of nitrogens with zero attached hydrogens (tertiary/aromatic N) is 3. The van der Waals surface area contributed by atoms with Crippen LogP contribution in [0.2, 0.25) is 5.02 Å². The molecule has 0 radical (unpaired) electrons. The molecule has 0 fully saturated rings. The quantitative estimate of drug-likeness (QED) is 0.668. The number of para-hydroxylation sites is 1. The molecule has 0 amide bonds. The highest BCUT2D eigenvalue weighted by Gasteiger charge is 2.29. The standard InChI is InChI=1S/C20H16ClN3O2/c1-14-20(23-3)18(12-25-14)24(13-22-2)15-9-10-19(17(21)11-15)26-16-7-5-4-6-8-16/h4-11,14H,12-13H2,1H3. The lowest BCUT2D eigenvalue weighted by molar-refractivity contribution is 0.134. The lowest BCUT2D eigenvalue weighted by atomic mass is 10.2. The van der Waals surface area contributed by atoms with E-state index in [9.17, 15) is 0 Å². The molecule has 0 saturated heterocycles. The SMILES string of the molecule is [C-]#[N+]CN(C1=C([N+]#[C-])C(C)OC1)c1ccc(Oc2ccccc2)c(Cl)c1. The highest BCUT2D eigenvalue weighted by Crippen LogP contribution is 2.35. The van der Waals surface area contributed by atoms with Crippen LogP contribution in [0, 0.1) is 13.1 Å². The van der Waals surface area contributed by atoms with Gasteiger partial charge in [-0.1, -0.05) is 29.8 Å². The van der Waals surface area contributed by atoms with Crippen molar-refractivity contribution in [3.05, 3.63) is 87.8 Å². The maximum atomic E-state index is 7.39. The number of hydrogen-bond acceptors (Lipinski definition) is 3. The molecule has 26 heavy (non-hydrogen) atoms. The maximum absolute atomic E-state index is 7.39. The van der Waals surface area contributed by atoms with Gasteiger partial charge < -0.3 is 9.47 Å². The van der Waals surface area contributed by atoms with E-state index >= 15 is 0 Å². The van der Waals surface area contributed by atoms with Crippen molar-refractivity contribution < 1.29 is 9.47 Å². The van der Waals surface area contributed by atoms with E-state index in [1.54, 1.807) is 17.0 Å². The minimum atomic E-state index is -0.271. The molecule has 0 spiro atoms. The van der Waals surface area contributed by atoms with E-state index in [4.69, 9.17) is 34.2 Å². The lowest BCUT2D eigenvalue weighted by Crippen LogP contribution is -2.23. The molecule has 0 aromatic heterocycles. The fraction of sp³-hybridized carbons (Fsp3) is 0.200. The van der Waals surface area contributed by atoms with Gasteiger partial charge in [0.25, 0.3) is 6.67 Å². The van der Waals surface area contributed by atoms with Gasteiger partial charge in [0.15, 0.2) is 0 Å². The Hall–Kier alpha value is -2.99. The van der Waals surface area contributed by atoms with Crippen molar-refractivity contribution in [3.63, 3.8) is 0 Å². The van der Waals surface area contributed by atoms with E-state index in [1.807, 2.05) is 43.3 Å². The first kappa shape index (κ1) is 17.8. The highest BCUT2D eigenvalue weighted by molar-refractivity contribution is 6.32. The first-order chi connectivity index (χ1) is 12.6. The molecule has 0 saturated carbocycles. The zero-order valence-corrected chi connectivity index (χ0v) is 14.9. The first-order valence-electron chi connectivity index (χ1n) is 7.99. The summed E-state index contributed by atoms with van der Waals surface area (Å²) in [5.74, 6) is 1.22. The summed E-state index contributed by atoms with van der Waals surface area (Å²) in [6.45, 7) is 16.9. The molecule has 1 aliphatic rings. The zero-order chi connectivity index (χ0) is 18.5. The smallest absolute Gasteiger partial charge is 0.292 e. The molecule has 3 rings (SSSR count). The second kappa shape index (κ2) is 7.93. The summed E-state index contributed by atoms with van der Waals surface area (Å²) in [5.41, 5.74) is 1.95. The average Bonchev–Trinajstić information content (AvgIpc) is 3.02. The van der Waals surface area contributed by atoms with Crippen molar-refractivity contribution in [1.82, 2.24) is 0 Å². The molecule has 2 aromatic rings. The fourth-order valence-electron chi connectivity index (χ4n) is 2.71. The van der Waals surface area contributed by atoms with E-state index in [2.05, 4.69) is 9.69 Å². The fourth-order valence-corrected chi connectivity index (χ4v) is 2.93. The largest absolute Gasteiger partial charge is 0.456 e. The summed E-state index contributed by atoms with van der Waals surface area (Å²) in [4.78, 5) is 8.82. The molecule has 0 N–H and O–H groups in total. The average molecular weight is 366 g/mol. The van der Waals surface area contributed by atoms with Crippen LogP contribution in [0.3, 0.4) is 0 Å². The van der Waals surface area contributed by atoms with Gasteiger partial charge in [-0.2, -0.15) is 0 Å². The third-order valence-electron chi connectivity index (χ3n) is 4.01. The summed E-state index contributed by atoms with van der Waals surface area (Å²) >= 11 is 6.39. The van der Waals surface area contributed by atoms with E-state index in [-0.39, 0.29) is 12.8 Å². The van der Waals surface area contributed by atoms with Crippen molar-refractivity contribution in [2.45, 2.75) is 13.0 Å². The topological polar surface area (TPSA) is 30.4 Å². The second-order valence-corrected chi connectivity index (χ2v) is 6.06. The van der Waals surface area contributed by atoms with Gasteiger partial charge in [-0.05, 0) is 37.3 Å². The van der Waals surface area contributed by atoms with Crippen LogP contribution in [-0.4, -0.2) is 19.4 Å².